The van der Waals surface area contributed by atoms with Crippen molar-refractivity contribution in [3.63, 3.8) is 0 Å². The van der Waals surface area contributed by atoms with Gasteiger partial charge < -0.3 is 8.98 Å². The Labute approximate surface area is 144 Å². The Morgan fingerprint density at radius 2 is 1.92 bits per heavy atom. The Hall–Kier alpha value is -3.32. The van der Waals surface area contributed by atoms with Gasteiger partial charge in [0.2, 0.25) is 5.52 Å². The summed E-state index contributed by atoms with van der Waals surface area (Å²) in [6, 6.07) is 12.3. The van der Waals surface area contributed by atoms with Crippen molar-refractivity contribution < 1.29 is 8.98 Å². The Morgan fingerprint density at radius 3 is 2.72 bits per heavy atom. The first-order valence-corrected chi connectivity index (χ1v) is 8.22. The standard InChI is InChI=1S/C21H16N3O/c1-12-15-5-7-23(2)16(15)10-18-19(12)21-20-14(4-6-24(21)3)8-13(11-22)9-17(20)25-18/h4-10H,1-3H3/q+1. The molecule has 0 fully saturated rings. The maximum atomic E-state index is 9.33. The quantitative estimate of drug-likeness (QED) is 0.243. The molecule has 0 spiro atoms. The summed E-state index contributed by atoms with van der Waals surface area (Å²) >= 11 is 0. The van der Waals surface area contributed by atoms with Crippen LogP contribution in [0.4, 0.5) is 0 Å². The lowest BCUT2D eigenvalue weighted by Crippen LogP contribution is -2.24. The molecule has 0 bridgehead atoms. The normalized spacial score (nSPS) is 11.8. The number of hydrogen-bond donors (Lipinski definition) is 0. The monoisotopic (exact) mass is 326 g/mol. The van der Waals surface area contributed by atoms with Gasteiger partial charge in [-0.15, -0.1) is 0 Å². The molecule has 0 amide bonds. The van der Waals surface area contributed by atoms with Crippen LogP contribution < -0.4 is 4.57 Å². The van der Waals surface area contributed by atoms with Crippen molar-refractivity contribution in [2.45, 2.75) is 6.92 Å². The third-order valence-corrected chi connectivity index (χ3v) is 5.20. The first-order valence-electron chi connectivity index (χ1n) is 8.22. The molecule has 0 saturated carbocycles. The predicted molar refractivity (Wildman–Crippen MR) is 98.3 cm³/mol. The summed E-state index contributed by atoms with van der Waals surface area (Å²) in [4.78, 5) is 0. The summed E-state index contributed by atoms with van der Waals surface area (Å²) in [6.45, 7) is 2.15. The molecule has 0 atom stereocenters. The highest BCUT2D eigenvalue weighted by Crippen LogP contribution is 2.37. The van der Waals surface area contributed by atoms with Crippen molar-refractivity contribution in [3.8, 4) is 6.07 Å². The van der Waals surface area contributed by atoms with E-state index in [2.05, 4.69) is 47.5 Å². The first-order chi connectivity index (χ1) is 12.1. The number of fused-ring (bicyclic) bond motifs is 3. The summed E-state index contributed by atoms with van der Waals surface area (Å²) in [5, 5.41) is 13.8. The Bertz CT molecular complexity index is 1380. The highest BCUT2D eigenvalue weighted by molar-refractivity contribution is 6.19. The summed E-state index contributed by atoms with van der Waals surface area (Å²) < 4.78 is 10.5. The first kappa shape index (κ1) is 14.1. The second-order valence-electron chi connectivity index (χ2n) is 6.66. The van der Waals surface area contributed by atoms with E-state index in [0.717, 1.165) is 38.4 Å². The van der Waals surface area contributed by atoms with Gasteiger partial charge in [-0.05, 0) is 36.1 Å². The van der Waals surface area contributed by atoms with Gasteiger partial charge in [0.05, 0.1) is 28.6 Å². The minimum Gasteiger partial charge on any atom is -0.456 e. The third-order valence-electron chi connectivity index (χ3n) is 5.20. The smallest absolute Gasteiger partial charge is 0.216 e. The lowest BCUT2D eigenvalue weighted by Gasteiger charge is -2.14. The molecule has 0 unspecified atom stereocenters. The molecule has 4 heteroatoms. The fourth-order valence-electron chi connectivity index (χ4n) is 3.96. The fourth-order valence-corrected chi connectivity index (χ4v) is 3.96. The van der Waals surface area contributed by atoms with Crippen LogP contribution in [-0.2, 0) is 14.1 Å². The zero-order chi connectivity index (χ0) is 17.3. The van der Waals surface area contributed by atoms with Gasteiger partial charge in [-0.1, -0.05) is 0 Å². The summed E-state index contributed by atoms with van der Waals surface area (Å²) in [7, 11) is 4.10. The van der Waals surface area contributed by atoms with Gasteiger partial charge in [-0.3, -0.25) is 0 Å². The van der Waals surface area contributed by atoms with E-state index >= 15 is 0 Å². The van der Waals surface area contributed by atoms with Crippen LogP contribution in [0, 0.1) is 18.3 Å². The zero-order valence-electron chi connectivity index (χ0n) is 14.3. The molecule has 0 aliphatic carbocycles. The molecule has 0 aliphatic rings. The van der Waals surface area contributed by atoms with Gasteiger partial charge in [0, 0.05) is 30.1 Å². The minimum atomic E-state index is 0.613. The number of benzene rings is 2. The molecule has 4 nitrogen and oxygen atoms in total. The zero-order valence-corrected chi connectivity index (χ0v) is 14.3. The van der Waals surface area contributed by atoms with E-state index < -0.39 is 0 Å². The fraction of sp³-hybridized carbons (Fsp3) is 0.143. The van der Waals surface area contributed by atoms with E-state index in [1.807, 2.05) is 31.4 Å². The van der Waals surface area contributed by atoms with Crippen LogP contribution in [0.5, 0.6) is 0 Å². The molecule has 3 aromatic heterocycles. The van der Waals surface area contributed by atoms with Gasteiger partial charge in [0.15, 0.2) is 6.20 Å². The molecule has 25 heavy (non-hydrogen) atoms. The summed E-state index contributed by atoms with van der Waals surface area (Å²) in [5.41, 5.74) is 5.71. The number of aryl methyl sites for hydroxylation is 3. The van der Waals surface area contributed by atoms with E-state index in [1.165, 1.54) is 10.9 Å². The van der Waals surface area contributed by atoms with E-state index in [1.54, 1.807) is 0 Å². The Balaban J connectivity index is 2.16. The minimum absolute atomic E-state index is 0.613. The second kappa shape index (κ2) is 4.61. The molecule has 2 aromatic carbocycles. The molecule has 3 heterocycles. The number of nitriles is 1. The lowest BCUT2D eigenvalue weighted by molar-refractivity contribution is -0.642. The average molecular weight is 326 g/mol. The van der Waals surface area contributed by atoms with E-state index in [-0.39, 0.29) is 0 Å². The SMILES string of the molecule is Cc1c2cc[n+](C)c2cc2oc3cc(C#N)cc4ccn(C)c(c12)c43. The van der Waals surface area contributed by atoms with Crippen LogP contribution in [0.2, 0.25) is 0 Å². The van der Waals surface area contributed by atoms with Crippen LogP contribution in [0.3, 0.4) is 0 Å². The number of pyridine rings is 1. The number of nitrogens with zero attached hydrogens (tertiary/aromatic N) is 3. The van der Waals surface area contributed by atoms with Crippen molar-refractivity contribution in [2.24, 2.45) is 14.1 Å². The van der Waals surface area contributed by atoms with Crippen molar-refractivity contribution in [1.82, 2.24) is 4.57 Å². The topological polar surface area (TPSA) is 45.7 Å². The molecular weight excluding hydrogens is 310 g/mol. The molecule has 0 radical (unpaired) electrons. The molecular formula is C21H16N3O+. The molecule has 0 N–H and O–H groups in total. The number of rotatable bonds is 0. The third kappa shape index (κ3) is 1.72. The van der Waals surface area contributed by atoms with Gasteiger partial charge in [-0.25, -0.2) is 4.57 Å². The van der Waals surface area contributed by atoms with Crippen LogP contribution in [0.15, 0.2) is 47.1 Å². The highest BCUT2D eigenvalue weighted by atomic mass is 16.3. The van der Waals surface area contributed by atoms with Gasteiger partial charge in [0.25, 0.3) is 0 Å². The summed E-state index contributed by atoms with van der Waals surface area (Å²) in [5.74, 6) is 0. The highest BCUT2D eigenvalue weighted by Gasteiger charge is 2.19. The Morgan fingerprint density at radius 1 is 1.12 bits per heavy atom. The number of aromatic nitrogens is 2. The maximum absolute atomic E-state index is 9.33. The number of hydrogen-bond acceptors (Lipinski definition) is 2. The van der Waals surface area contributed by atoms with E-state index in [0.29, 0.717) is 5.56 Å². The van der Waals surface area contributed by atoms with Crippen molar-refractivity contribution >= 4 is 43.7 Å². The van der Waals surface area contributed by atoms with Crippen LogP contribution in [0.1, 0.15) is 11.1 Å². The van der Waals surface area contributed by atoms with E-state index in [9.17, 15) is 5.26 Å². The van der Waals surface area contributed by atoms with Crippen molar-refractivity contribution in [3.05, 3.63) is 53.9 Å². The van der Waals surface area contributed by atoms with Crippen molar-refractivity contribution in [2.75, 3.05) is 0 Å². The predicted octanol–water partition coefficient (Wildman–Crippen LogP) is 4.24. The summed E-state index contributed by atoms with van der Waals surface area (Å²) in [6.07, 6.45) is 4.12. The molecule has 5 rings (SSSR count). The molecule has 5 aromatic rings. The lowest BCUT2D eigenvalue weighted by atomic mass is 9.99. The Kier molecular flexibility index (Phi) is 2.59. The second-order valence-corrected chi connectivity index (χ2v) is 6.66. The molecule has 0 saturated heterocycles. The van der Waals surface area contributed by atoms with Crippen LogP contribution in [-0.4, -0.2) is 4.57 Å². The molecule has 120 valence electrons. The van der Waals surface area contributed by atoms with Crippen LogP contribution in [0.25, 0.3) is 43.7 Å². The van der Waals surface area contributed by atoms with Crippen molar-refractivity contribution in [1.29, 1.82) is 5.26 Å². The maximum Gasteiger partial charge on any atom is 0.216 e. The largest absolute Gasteiger partial charge is 0.456 e. The van der Waals surface area contributed by atoms with E-state index in [4.69, 9.17) is 4.42 Å². The van der Waals surface area contributed by atoms with Gasteiger partial charge >= 0.3 is 0 Å². The van der Waals surface area contributed by atoms with Crippen LogP contribution >= 0.6 is 0 Å². The van der Waals surface area contributed by atoms with Gasteiger partial charge in [0.1, 0.15) is 18.2 Å². The average Bonchev–Trinajstić information content (AvgIpc) is 2.98. The van der Waals surface area contributed by atoms with Gasteiger partial charge in [-0.2, -0.15) is 5.26 Å². The molecule has 0 aliphatic heterocycles.